The molecule has 0 amide bonds. The summed E-state index contributed by atoms with van der Waals surface area (Å²) in [5, 5.41) is 13.1. The molecular formula is C29H26F4N2O2. The SMILES string of the molecule is CN1/C(=C\C2=C([O-])C(=C\C3=[N+](C)c4ccc(F)cc4C3(C)C)/C2=O)C(C)(C)c2cc(C(F)(F)F)ccc21. The molecule has 0 saturated carbocycles. The highest BCUT2D eigenvalue weighted by atomic mass is 19.4. The maximum Gasteiger partial charge on any atom is 0.416 e. The van der Waals surface area contributed by atoms with Crippen LogP contribution in [0.4, 0.5) is 28.9 Å². The summed E-state index contributed by atoms with van der Waals surface area (Å²) in [6.45, 7) is 7.36. The number of rotatable bonds is 2. The van der Waals surface area contributed by atoms with Crippen LogP contribution < -0.4 is 10.0 Å². The minimum atomic E-state index is -4.48. The van der Waals surface area contributed by atoms with Gasteiger partial charge in [0.25, 0.3) is 0 Å². The molecule has 8 heteroatoms. The summed E-state index contributed by atoms with van der Waals surface area (Å²) < 4.78 is 55.7. The van der Waals surface area contributed by atoms with E-state index in [0.29, 0.717) is 22.7 Å². The molecule has 0 fully saturated rings. The van der Waals surface area contributed by atoms with Gasteiger partial charge in [0.15, 0.2) is 11.5 Å². The summed E-state index contributed by atoms with van der Waals surface area (Å²) in [5.74, 6) is -1.21. The summed E-state index contributed by atoms with van der Waals surface area (Å²) in [7, 11) is 3.51. The van der Waals surface area contributed by atoms with Gasteiger partial charge in [-0.25, -0.2) is 4.39 Å². The quantitative estimate of drug-likeness (QED) is 0.314. The van der Waals surface area contributed by atoms with Gasteiger partial charge < -0.3 is 10.0 Å². The topological polar surface area (TPSA) is 46.4 Å². The van der Waals surface area contributed by atoms with Crippen molar-refractivity contribution in [1.82, 2.24) is 0 Å². The number of Topliss-reactive ketones (excluding diaryl/α,β-unsaturated/α-hetero) is 1. The largest absolute Gasteiger partial charge is 0.871 e. The Balaban J connectivity index is 1.54. The summed E-state index contributed by atoms with van der Waals surface area (Å²) in [4.78, 5) is 14.9. The van der Waals surface area contributed by atoms with Crippen molar-refractivity contribution in [2.45, 2.75) is 44.7 Å². The molecule has 0 radical (unpaired) electrons. The second-order valence-electron chi connectivity index (χ2n) is 10.8. The predicted octanol–water partition coefficient (Wildman–Crippen LogP) is 5.29. The van der Waals surface area contributed by atoms with E-state index in [4.69, 9.17) is 0 Å². The second-order valence-corrected chi connectivity index (χ2v) is 10.8. The van der Waals surface area contributed by atoms with Crippen LogP contribution in [0.5, 0.6) is 0 Å². The van der Waals surface area contributed by atoms with E-state index in [1.807, 2.05) is 18.4 Å². The Bertz CT molecular complexity index is 1520. The normalized spacial score (nSPS) is 22.2. The molecule has 4 nitrogen and oxygen atoms in total. The maximum absolute atomic E-state index is 13.9. The fourth-order valence-corrected chi connectivity index (χ4v) is 5.70. The zero-order valence-corrected chi connectivity index (χ0v) is 21.3. The number of halogens is 4. The van der Waals surface area contributed by atoms with Crippen LogP contribution in [0.1, 0.15) is 44.4 Å². The van der Waals surface area contributed by atoms with Crippen LogP contribution >= 0.6 is 0 Å². The second kappa shape index (κ2) is 7.66. The third-order valence-electron chi connectivity index (χ3n) is 7.90. The van der Waals surface area contributed by atoms with Gasteiger partial charge in [0.2, 0.25) is 5.69 Å². The van der Waals surface area contributed by atoms with Gasteiger partial charge in [-0.05, 0) is 55.8 Å². The minimum Gasteiger partial charge on any atom is -0.871 e. The molecule has 0 bridgehead atoms. The lowest BCUT2D eigenvalue weighted by atomic mass is 9.77. The molecule has 2 aromatic carbocycles. The lowest BCUT2D eigenvalue weighted by molar-refractivity contribution is -0.401. The molecule has 0 spiro atoms. The highest BCUT2D eigenvalue weighted by Gasteiger charge is 2.45. The summed E-state index contributed by atoms with van der Waals surface area (Å²) in [6.07, 6.45) is -1.42. The fraction of sp³-hybridized carbons (Fsp3) is 0.310. The van der Waals surface area contributed by atoms with E-state index in [1.165, 1.54) is 24.3 Å². The fourth-order valence-electron chi connectivity index (χ4n) is 5.70. The van der Waals surface area contributed by atoms with Crippen molar-refractivity contribution in [3.8, 4) is 0 Å². The molecule has 5 rings (SSSR count). The molecule has 37 heavy (non-hydrogen) atoms. The van der Waals surface area contributed by atoms with Crippen LogP contribution in [-0.4, -0.2) is 30.2 Å². The van der Waals surface area contributed by atoms with E-state index in [0.717, 1.165) is 23.4 Å². The number of allylic oxidation sites excluding steroid dienone is 5. The van der Waals surface area contributed by atoms with Crippen molar-refractivity contribution in [1.29, 1.82) is 0 Å². The molecule has 0 unspecified atom stereocenters. The Morgan fingerprint density at radius 2 is 1.65 bits per heavy atom. The molecular weight excluding hydrogens is 484 g/mol. The van der Waals surface area contributed by atoms with Gasteiger partial charge in [-0.3, -0.25) is 4.79 Å². The van der Waals surface area contributed by atoms with Gasteiger partial charge in [-0.15, -0.1) is 0 Å². The first kappa shape index (κ1) is 25.0. The number of hydrogen-bond donors (Lipinski definition) is 0. The number of benzene rings is 2. The lowest BCUT2D eigenvalue weighted by Crippen LogP contribution is -2.34. The van der Waals surface area contributed by atoms with Crippen LogP contribution in [0, 0.1) is 5.82 Å². The standard InChI is InChI=1S/C29H26F4N2O2/c1-27(2)19-11-15(29(31,32)33)7-9-21(19)34(5)23(27)13-17-25(36)18(26(17)37)14-24-28(3,4)20-12-16(30)8-10-22(20)35(24)6/h7-14H,1-6H3. The van der Waals surface area contributed by atoms with Gasteiger partial charge in [0.1, 0.15) is 12.9 Å². The average Bonchev–Trinajstić information content (AvgIpc) is 3.12. The van der Waals surface area contributed by atoms with E-state index >= 15 is 0 Å². The van der Waals surface area contributed by atoms with Crippen molar-refractivity contribution in [2.75, 3.05) is 19.0 Å². The number of anilines is 1. The highest BCUT2D eigenvalue weighted by Crippen LogP contribution is 2.49. The van der Waals surface area contributed by atoms with Gasteiger partial charge in [-0.2, -0.15) is 17.7 Å². The van der Waals surface area contributed by atoms with Gasteiger partial charge in [0, 0.05) is 52.7 Å². The van der Waals surface area contributed by atoms with Gasteiger partial charge in [0.05, 0.1) is 11.0 Å². The number of likely N-dealkylation sites (N-methyl/N-ethyl adjacent to an activating group) is 1. The first-order chi connectivity index (χ1) is 17.1. The number of fused-ring (bicyclic) bond motifs is 2. The Kier molecular flexibility index (Phi) is 5.18. The number of carbonyl (C=O) groups is 1. The lowest BCUT2D eigenvalue weighted by Gasteiger charge is -2.32. The van der Waals surface area contributed by atoms with Gasteiger partial charge >= 0.3 is 6.18 Å². The third-order valence-corrected chi connectivity index (χ3v) is 7.90. The van der Waals surface area contributed by atoms with Crippen LogP contribution in [0.2, 0.25) is 0 Å². The van der Waals surface area contributed by atoms with Gasteiger partial charge in [-0.1, -0.05) is 19.6 Å². The van der Waals surface area contributed by atoms with Crippen LogP contribution in [0.15, 0.2) is 71.2 Å². The number of nitrogens with zero attached hydrogens (tertiary/aromatic N) is 2. The van der Waals surface area contributed by atoms with E-state index in [1.54, 1.807) is 45.0 Å². The summed E-state index contributed by atoms with van der Waals surface area (Å²) >= 11 is 0. The van der Waals surface area contributed by atoms with Crippen molar-refractivity contribution in [2.24, 2.45) is 0 Å². The Labute approximate surface area is 212 Å². The molecule has 2 aliphatic heterocycles. The van der Waals surface area contributed by atoms with E-state index < -0.39 is 34.1 Å². The van der Waals surface area contributed by atoms with E-state index in [2.05, 4.69) is 0 Å². The van der Waals surface area contributed by atoms with E-state index in [-0.39, 0.29) is 17.0 Å². The zero-order valence-electron chi connectivity index (χ0n) is 21.3. The van der Waals surface area contributed by atoms with Crippen LogP contribution in [-0.2, 0) is 21.8 Å². The smallest absolute Gasteiger partial charge is 0.416 e. The van der Waals surface area contributed by atoms with Crippen LogP contribution in [0.25, 0.3) is 0 Å². The molecule has 0 aromatic heterocycles. The predicted molar refractivity (Wildman–Crippen MR) is 131 cm³/mol. The third kappa shape index (κ3) is 3.49. The Morgan fingerprint density at radius 1 is 0.973 bits per heavy atom. The first-order valence-electron chi connectivity index (χ1n) is 11.8. The van der Waals surface area contributed by atoms with Crippen molar-refractivity contribution < 1.29 is 32.0 Å². The molecule has 0 saturated heterocycles. The molecule has 0 atom stereocenters. The molecule has 2 heterocycles. The molecule has 2 aromatic rings. The molecule has 1 aliphatic carbocycles. The summed E-state index contributed by atoms with van der Waals surface area (Å²) in [6, 6.07) is 8.07. The van der Waals surface area contributed by atoms with Crippen molar-refractivity contribution in [3.05, 3.63) is 93.7 Å². The molecule has 3 aliphatic rings. The number of hydrogen-bond acceptors (Lipinski definition) is 3. The zero-order chi connectivity index (χ0) is 27.2. The molecule has 192 valence electrons. The van der Waals surface area contributed by atoms with Crippen molar-refractivity contribution in [3.63, 3.8) is 0 Å². The number of ketones is 1. The monoisotopic (exact) mass is 510 g/mol. The minimum absolute atomic E-state index is 0.00681. The Morgan fingerprint density at radius 3 is 2.27 bits per heavy atom. The highest BCUT2D eigenvalue weighted by molar-refractivity contribution is 6.24. The maximum atomic E-state index is 13.9. The average molecular weight is 511 g/mol. The summed E-state index contributed by atoms with van der Waals surface area (Å²) in [5.41, 5.74) is 1.68. The van der Waals surface area contributed by atoms with E-state index in [9.17, 15) is 27.5 Å². The number of carbonyl (C=O) groups excluding carboxylic acids is 1. The number of alkyl halides is 3. The van der Waals surface area contributed by atoms with Crippen LogP contribution in [0.3, 0.4) is 0 Å². The van der Waals surface area contributed by atoms with Crippen molar-refractivity contribution >= 4 is 22.9 Å². The Hall–Kier alpha value is -3.68. The molecule has 0 N–H and O–H groups in total. The first-order valence-corrected chi connectivity index (χ1v) is 11.8.